The molecule has 2 heterocycles. The summed E-state index contributed by atoms with van der Waals surface area (Å²) in [6, 6.07) is 12.2. The van der Waals surface area contributed by atoms with Gasteiger partial charge in [-0.1, -0.05) is 32.0 Å². The van der Waals surface area contributed by atoms with Crippen LogP contribution in [0.15, 0.2) is 54.7 Å². The first-order valence-electron chi connectivity index (χ1n) is 11.8. The second-order valence-corrected chi connectivity index (χ2v) is 9.18. The van der Waals surface area contributed by atoms with Crippen molar-refractivity contribution in [1.82, 2.24) is 14.6 Å². The molecule has 0 radical (unpaired) electrons. The molecule has 4 aromatic rings. The number of imidazole rings is 1. The molecule has 1 N–H and O–H groups in total. The summed E-state index contributed by atoms with van der Waals surface area (Å²) in [4.78, 5) is 17.0. The van der Waals surface area contributed by atoms with Crippen LogP contribution in [0.1, 0.15) is 42.6 Å². The Morgan fingerprint density at radius 1 is 1.14 bits per heavy atom. The number of fused-ring (bicyclic) bond motifs is 1. The van der Waals surface area contributed by atoms with E-state index >= 15 is 0 Å². The fourth-order valence-electron chi connectivity index (χ4n) is 3.93. The van der Waals surface area contributed by atoms with Gasteiger partial charge in [-0.05, 0) is 36.6 Å². The number of aryl methyl sites for hydroxylation is 1. The third-order valence-corrected chi connectivity index (χ3v) is 5.60. The van der Waals surface area contributed by atoms with Crippen molar-refractivity contribution in [3.05, 3.63) is 71.7 Å². The molecule has 0 amide bonds. The average Bonchev–Trinajstić information content (AvgIpc) is 3.22. The van der Waals surface area contributed by atoms with E-state index in [1.165, 1.54) is 34.8 Å². The molecule has 2 aromatic carbocycles. The molecule has 0 bridgehead atoms. The van der Waals surface area contributed by atoms with E-state index in [0.29, 0.717) is 28.9 Å². The molecule has 0 atom stereocenters. The van der Waals surface area contributed by atoms with Gasteiger partial charge in [-0.15, -0.1) is 5.10 Å². The summed E-state index contributed by atoms with van der Waals surface area (Å²) in [5, 5.41) is 7.22. The highest BCUT2D eigenvalue weighted by molar-refractivity contribution is 5.98. The van der Waals surface area contributed by atoms with Crippen LogP contribution in [-0.2, 0) is 0 Å². The van der Waals surface area contributed by atoms with Gasteiger partial charge in [0.1, 0.15) is 11.6 Å². The fourth-order valence-corrected chi connectivity index (χ4v) is 3.93. The van der Waals surface area contributed by atoms with Crippen molar-refractivity contribution in [2.24, 2.45) is 5.92 Å². The van der Waals surface area contributed by atoms with Crippen LogP contribution in [0, 0.1) is 18.7 Å². The van der Waals surface area contributed by atoms with Crippen LogP contribution in [0.2, 0.25) is 0 Å². The Kier molecular flexibility index (Phi) is 7.47. The maximum Gasteiger partial charge on any atom is 0.390 e. The molecule has 0 spiro atoms. The molecule has 10 heteroatoms. The molecular weight excluding hydrogens is 488 g/mol. The van der Waals surface area contributed by atoms with E-state index in [4.69, 9.17) is 4.74 Å². The number of hydrogen-bond acceptors (Lipinski definition) is 5. The Hall–Kier alpha value is -3.95. The molecule has 194 valence electrons. The Bertz CT molecular complexity index is 1430. The van der Waals surface area contributed by atoms with Crippen molar-refractivity contribution in [2.45, 2.75) is 39.8 Å². The SMILES string of the molecule is Cc1cc(-c2cnc3c(NCCC(F)(F)F)cc(Oc4cccc(F)c4)nn23)ccc1C(=O)CC(C)C. The molecule has 0 saturated heterocycles. The second-order valence-electron chi connectivity index (χ2n) is 9.18. The number of anilines is 1. The number of nitrogens with one attached hydrogen (secondary N) is 1. The summed E-state index contributed by atoms with van der Waals surface area (Å²) in [5.74, 6) is -0.00879. The van der Waals surface area contributed by atoms with Crippen molar-refractivity contribution in [2.75, 3.05) is 11.9 Å². The van der Waals surface area contributed by atoms with E-state index in [0.717, 1.165) is 5.56 Å². The summed E-state index contributed by atoms with van der Waals surface area (Å²) in [6.45, 7) is 5.43. The van der Waals surface area contributed by atoms with Gasteiger partial charge in [-0.3, -0.25) is 4.79 Å². The van der Waals surface area contributed by atoms with Crippen molar-refractivity contribution in [3.8, 4) is 22.9 Å². The third-order valence-electron chi connectivity index (χ3n) is 5.60. The lowest BCUT2D eigenvalue weighted by Gasteiger charge is -2.13. The predicted molar refractivity (Wildman–Crippen MR) is 133 cm³/mol. The molecule has 0 fully saturated rings. The number of halogens is 4. The summed E-state index contributed by atoms with van der Waals surface area (Å²) < 4.78 is 59.1. The van der Waals surface area contributed by atoms with Crippen molar-refractivity contribution < 1.29 is 27.1 Å². The van der Waals surface area contributed by atoms with Crippen LogP contribution in [0.5, 0.6) is 11.6 Å². The van der Waals surface area contributed by atoms with Gasteiger partial charge in [-0.25, -0.2) is 13.9 Å². The number of carbonyl (C=O) groups excluding carboxylic acids is 1. The molecule has 2 aromatic heterocycles. The summed E-state index contributed by atoms with van der Waals surface area (Å²) in [6.07, 6.45) is -3.39. The van der Waals surface area contributed by atoms with E-state index in [9.17, 15) is 22.4 Å². The number of hydrogen-bond donors (Lipinski definition) is 1. The smallest absolute Gasteiger partial charge is 0.390 e. The number of rotatable bonds is 9. The predicted octanol–water partition coefficient (Wildman–Crippen LogP) is 7.23. The zero-order chi connectivity index (χ0) is 26.7. The average molecular weight is 515 g/mol. The zero-order valence-corrected chi connectivity index (χ0v) is 20.6. The number of ether oxygens (including phenoxy) is 1. The highest BCUT2D eigenvalue weighted by Gasteiger charge is 2.26. The molecule has 4 rings (SSSR count). The van der Waals surface area contributed by atoms with Gasteiger partial charge >= 0.3 is 6.18 Å². The van der Waals surface area contributed by atoms with Crippen LogP contribution in [-0.4, -0.2) is 33.1 Å². The Balaban J connectivity index is 1.74. The Labute approximate surface area is 211 Å². The highest BCUT2D eigenvalue weighted by atomic mass is 19.4. The molecule has 0 aliphatic heterocycles. The molecule has 0 aliphatic rings. The number of benzene rings is 2. The van der Waals surface area contributed by atoms with Gasteiger partial charge < -0.3 is 10.1 Å². The number of alkyl halides is 3. The fraction of sp³-hybridized carbons (Fsp3) is 0.296. The first-order chi connectivity index (χ1) is 17.5. The first-order valence-corrected chi connectivity index (χ1v) is 11.8. The molecule has 6 nitrogen and oxygen atoms in total. The molecule has 0 aliphatic carbocycles. The van der Waals surface area contributed by atoms with Gasteiger partial charge in [-0.2, -0.15) is 13.2 Å². The normalized spacial score (nSPS) is 11.8. The summed E-state index contributed by atoms with van der Waals surface area (Å²) in [5.41, 5.74) is 3.24. The van der Waals surface area contributed by atoms with Gasteiger partial charge in [0.15, 0.2) is 11.4 Å². The van der Waals surface area contributed by atoms with Crippen molar-refractivity contribution >= 4 is 17.1 Å². The maximum atomic E-state index is 13.7. The maximum absolute atomic E-state index is 13.7. The monoisotopic (exact) mass is 514 g/mol. The topological polar surface area (TPSA) is 68.5 Å². The van der Waals surface area contributed by atoms with E-state index in [-0.39, 0.29) is 35.6 Å². The number of ketones is 1. The molecule has 37 heavy (non-hydrogen) atoms. The van der Waals surface area contributed by atoms with E-state index in [1.807, 2.05) is 26.8 Å². The highest BCUT2D eigenvalue weighted by Crippen LogP contribution is 2.31. The summed E-state index contributed by atoms with van der Waals surface area (Å²) in [7, 11) is 0. The molecule has 0 saturated carbocycles. The standard InChI is InChI=1S/C27H26F4N4O2/c1-16(2)11-24(36)21-8-7-18(12-17(21)3)23-15-33-26-22(32-10-9-27(29,30)31)14-25(34-35(23)26)37-20-6-4-5-19(28)13-20/h4-8,12-16,32H,9-11H2,1-3H3. The van der Waals surface area contributed by atoms with Crippen LogP contribution in [0.25, 0.3) is 16.9 Å². The van der Waals surface area contributed by atoms with Crippen LogP contribution in [0.3, 0.4) is 0 Å². The van der Waals surface area contributed by atoms with Gasteiger partial charge in [0.05, 0.1) is 24.0 Å². The van der Waals surface area contributed by atoms with E-state index < -0.39 is 18.4 Å². The van der Waals surface area contributed by atoms with E-state index in [1.54, 1.807) is 18.3 Å². The number of nitrogens with zero attached hydrogens (tertiary/aromatic N) is 3. The van der Waals surface area contributed by atoms with Gasteiger partial charge in [0.2, 0.25) is 5.88 Å². The van der Waals surface area contributed by atoms with Crippen molar-refractivity contribution in [3.63, 3.8) is 0 Å². The number of aromatic nitrogens is 3. The second kappa shape index (κ2) is 10.6. The lowest BCUT2D eigenvalue weighted by molar-refractivity contribution is -0.131. The largest absolute Gasteiger partial charge is 0.437 e. The zero-order valence-electron chi connectivity index (χ0n) is 20.6. The van der Waals surface area contributed by atoms with Crippen LogP contribution >= 0.6 is 0 Å². The molecule has 0 unspecified atom stereocenters. The number of carbonyl (C=O) groups is 1. The third kappa shape index (κ3) is 6.44. The Morgan fingerprint density at radius 2 is 1.92 bits per heavy atom. The van der Waals surface area contributed by atoms with Crippen LogP contribution in [0.4, 0.5) is 23.2 Å². The lowest BCUT2D eigenvalue weighted by Crippen LogP contribution is -2.15. The first kappa shape index (κ1) is 26.1. The van der Waals surface area contributed by atoms with E-state index in [2.05, 4.69) is 15.4 Å². The van der Waals surface area contributed by atoms with Gasteiger partial charge in [0.25, 0.3) is 0 Å². The minimum atomic E-state index is -4.33. The van der Waals surface area contributed by atoms with Crippen molar-refractivity contribution in [1.29, 1.82) is 0 Å². The Morgan fingerprint density at radius 3 is 2.59 bits per heavy atom. The quantitative estimate of drug-likeness (QED) is 0.189. The summed E-state index contributed by atoms with van der Waals surface area (Å²) >= 11 is 0. The van der Waals surface area contributed by atoms with Gasteiger partial charge in [0, 0.05) is 36.2 Å². The van der Waals surface area contributed by atoms with Crippen LogP contribution < -0.4 is 10.1 Å². The minimum absolute atomic E-state index is 0.0345. The minimum Gasteiger partial charge on any atom is -0.437 e. The number of Topliss-reactive ketones (excluding diaryl/α,β-unsaturated/α-hetero) is 1. The molecular formula is C27H26F4N4O2. The lowest BCUT2D eigenvalue weighted by atomic mass is 9.96.